The summed E-state index contributed by atoms with van der Waals surface area (Å²) in [5.74, 6) is 1.42. The number of hydrogen-bond acceptors (Lipinski definition) is 3. The van der Waals surface area contributed by atoms with Crippen LogP contribution in [0.1, 0.15) is 48.9 Å². The summed E-state index contributed by atoms with van der Waals surface area (Å²) in [5, 5.41) is 12.8. The fourth-order valence-electron chi connectivity index (χ4n) is 5.49. The Labute approximate surface area is 136 Å². The van der Waals surface area contributed by atoms with E-state index in [4.69, 9.17) is 0 Å². The first-order valence-electron chi connectivity index (χ1n) is 8.64. The van der Waals surface area contributed by atoms with Gasteiger partial charge in [-0.15, -0.1) is 0 Å². The molecule has 23 heavy (non-hydrogen) atoms. The average molecular weight is 313 g/mol. The smallest absolute Gasteiger partial charge is 0.228 e. The lowest BCUT2D eigenvalue weighted by molar-refractivity contribution is -0.148. The van der Waals surface area contributed by atoms with Gasteiger partial charge in [-0.1, -0.05) is 30.3 Å². The third-order valence-corrected chi connectivity index (χ3v) is 6.09. The van der Waals surface area contributed by atoms with E-state index in [2.05, 4.69) is 5.32 Å². The van der Waals surface area contributed by atoms with Gasteiger partial charge in [0.15, 0.2) is 6.23 Å². The summed E-state index contributed by atoms with van der Waals surface area (Å²) >= 11 is 0. The number of hydrogen-bond donors (Lipinski definition) is 2. The van der Waals surface area contributed by atoms with Crippen LogP contribution in [0.4, 0.5) is 0 Å². The summed E-state index contributed by atoms with van der Waals surface area (Å²) in [6.45, 7) is 0. The molecule has 4 bridgehead atoms. The quantitative estimate of drug-likeness (QED) is 0.663. The largest absolute Gasteiger partial charge is 0.367 e. The van der Waals surface area contributed by atoms with E-state index in [-0.39, 0.29) is 11.3 Å². The van der Waals surface area contributed by atoms with Gasteiger partial charge in [0.1, 0.15) is 0 Å². The minimum Gasteiger partial charge on any atom is -0.367 e. The Morgan fingerprint density at radius 1 is 1.00 bits per heavy atom. The number of Topliss-reactive ketones (excluding diaryl/α,β-unsaturated/α-hetero) is 1. The van der Waals surface area contributed by atoms with Crippen molar-refractivity contribution in [1.82, 2.24) is 5.32 Å². The van der Waals surface area contributed by atoms with Gasteiger partial charge in [-0.25, -0.2) is 0 Å². The van der Waals surface area contributed by atoms with Crippen molar-refractivity contribution < 1.29 is 14.7 Å². The van der Waals surface area contributed by atoms with Gasteiger partial charge in [0.05, 0.1) is 5.41 Å². The van der Waals surface area contributed by atoms with Crippen LogP contribution in [0.15, 0.2) is 30.3 Å². The Bertz CT molecular complexity index is 589. The Morgan fingerprint density at radius 3 is 2.04 bits per heavy atom. The Hall–Kier alpha value is -1.68. The molecule has 0 spiro atoms. The lowest BCUT2D eigenvalue weighted by Crippen LogP contribution is -2.56. The minimum atomic E-state index is -1.45. The van der Waals surface area contributed by atoms with E-state index in [1.54, 1.807) is 24.3 Å². The monoisotopic (exact) mass is 313 g/mol. The Kier molecular flexibility index (Phi) is 3.52. The molecule has 4 aliphatic rings. The van der Waals surface area contributed by atoms with E-state index >= 15 is 0 Å². The van der Waals surface area contributed by atoms with Crippen LogP contribution < -0.4 is 5.32 Å². The van der Waals surface area contributed by atoms with Gasteiger partial charge in [0.25, 0.3) is 0 Å². The van der Waals surface area contributed by atoms with E-state index < -0.39 is 12.0 Å². The second-order valence-corrected chi connectivity index (χ2v) is 7.80. The summed E-state index contributed by atoms with van der Waals surface area (Å²) in [5.41, 5.74) is 0.0815. The zero-order valence-corrected chi connectivity index (χ0v) is 13.2. The molecule has 0 radical (unpaired) electrons. The van der Waals surface area contributed by atoms with E-state index in [1.807, 2.05) is 6.07 Å². The van der Waals surface area contributed by atoms with Crippen LogP contribution in [0.5, 0.6) is 0 Å². The van der Waals surface area contributed by atoms with Crippen LogP contribution in [0.2, 0.25) is 0 Å². The number of rotatable bonds is 4. The molecule has 1 aromatic rings. The fraction of sp³-hybridized carbons (Fsp3) is 0.579. The Morgan fingerprint density at radius 2 is 1.52 bits per heavy atom. The fourth-order valence-corrected chi connectivity index (χ4v) is 5.49. The van der Waals surface area contributed by atoms with Crippen molar-refractivity contribution in [2.75, 3.05) is 0 Å². The summed E-state index contributed by atoms with van der Waals surface area (Å²) in [6, 6.07) is 8.63. The molecule has 4 saturated carbocycles. The van der Waals surface area contributed by atoms with Crippen LogP contribution in [0.25, 0.3) is 0 Å². The second-order valence-electron chi connectivity index (χ2n) is 7.80. The number of amides is 1. The number of carbonyl (C=O) groups is 2. The number of aliphatic hydroxyl groups is 1. The maximum atomic E-state index is 12.8. The van der Waals surface area contributed by atoms with Gasteiger partial charge in [0.2, 0.25) is 11.7 Å². The highest BCUT2D eigenvalue weighted by molar-refractivity contribution is 6.01. The SMILES string of the molecule is O=C(c1ccccc1)[C@@H](O)NC(=O)C12CC3CC(CC(C3)C1)C2. The van der Waals surface area contributed by atoms with Crippen molar-refractivity contribution in [1.29, 1.82) is 0 Å². The van der Waals surface area contributed by atoms with Gasteiger partial charge in [-0.3, -0.25) is 9.59 Å². The topological polar surface area (TPSA) is 66.4 Å². The summed E-state index contributed by atoms with van der Waals surface area (Å²) in [7, 11) is 0. The molecule has 1 atom stereocenters. The normalized spacial score (nSPS) is 35.8. The minimum absolute atomic E-state index is 0.117. The number of benzene rings is 1. The molecule has 2 N–H and O–H groups in total. The Balaban J connectivity index is 1.47. The first-order valence-corrected chi connectivity index (χ1v) is 8.64. The molecular formula is C19H23NO3. The molecule has 0 aromatic heterocycles. The van der Waals surface area contributed by atoms with Crippen molar-refractivity contribution in [3.05, 3.63) is 35.9 Å². The maximum absolute atomic E-state index is 12.8. The van der Waals surface area contributed by atoms with Crippen LogP contribution >= 0.6 is 0 Å². The zero-order valence-electron chi connectivity index (χ0n) is 13.2. The summed E-state index contributed by atoms with van der Waals surface area (Å²) < 4.78 is 0. The lowest BCUT2D eigenvalue weighted by Gasteiger charge is -2.55. The molecule has 1 aromatic carbocycles. The molecular weight excluding hydrogens is 290 g/mol. The van der Waals surface area contributed by atoms with E-state index in [0.29, 0.717) is 23.3 Å². The molecule has 4 heteroatoms. The van der Waals surface area contributed by atoms with Crippen molar-refractivity contribution in [2.45, 2.75) is 44.8 Å². The molecule has 0 saturated heterocycles. The number of ketones is 1. The predicted octanol–water partition coefficient (Wildman–Crippen LogP) is 2.52. The van der Waals surface area contributed by atoms with E-state index in [1.165, 1.54) is 19.3 Å². The second kappa shape index (κ2) is 5.45. The first kappa shape index (κ1) is 14.9. The summed E-state index contributed by atoms with van der Waals surface area (Å²) in [6.07, 6.45) is 5.12. The van der Waals surface area contributed by atoms with Crippen molar-refractivity contribution in [3.63, 3.8) is 0 Å². The van der Waals surface area contributed by atoms with E-state index in [9.17, 15) is 14.7 Å². The zero-order chi connectivity index (χ0) is 16.0. The number of aliphatic hydroxyl groups excluding tert-OH is 1. The van der Waals surface area contributed by atoms with Crippen LogP contribution in [0.3, 0.4) is 0 Å². The van der Waals surface area contributed by atoms with Crippen LogP contribution in [-0.4, -0.2) is 23.0 Å². The highest BCUT2D eigenvalue weighted by Crippen LogP contribution is 2.60. The molecule has 0 heterocycles. The summed E-state index contributed by atoms with van der Waals surface area (Å²) in [4.78, 5) is 25.1. The van der Waals surface area contributed by atoms with Gasteiger partial charge < -0.3 is 10.4 Å². The molecule has 1 amide bonds. The van der Waals surface area contributed by atoms with Gasteiger partial charge in [-0.2, -0.15) is 0 Å². The van der Waals surface area contributed by atoms with E-state index in [0.717, 1.165) is 19.3 Å². The van der Waals surface area contributed by atoms with Crippen LogP contribution in [-0.2, 0) is 4.79 Å². The van der Waals surface area contributed by atoms with Crippen LogP contribution in [0, 0.1) is 23.2 Å². The number of carbonyl (C=O) groups excluding carboxylic acids is 2. The van der Waals surface area contributed by atoms with Gasteiger partial charge >= 0.3 is 0 Å². The highest BCUT2D eigenvalue weighted by atomic mass is 16.3. The highest BCUT2D eigenvalue weighted by Gasteiger charge is 2.54. The third kappa shape index (κ3) is 2.59. The molecule has 5 rings (SSSR count). The van der Waals surface area contributed by atoms with Gasteiger partial charge in [0, 0.05) is 5.56 Å². The van der Waals surface area contributed by atoms with Crippen molar-refractivity contribution >= 4 is 11.7 Å². The molecule has 0 aliphatic heterocycles. The third-order valence-electron chi connectivity index (χ3n) is 6.09. The lowest BCUT2D eigenvalue weighted by atomic mass is 9.49. The molecule has 0 unspecified atom stereocenters. The predicted molar refractivity (Wildman–Crippen MR) is 85.5 cm³/mol. The molecule has 122 valence electrons. The molecule has 4 nitrogen and oxygen atoms in total. The van der Waals surface area contributed by atoms with Gasteiger partial charge in [-0.05, 0) is 56.3 Å². The number of nitrogens with one attached hydrogen (secondary N) is 1. The molecule has 4 aliphatic carbocycles. The van der Waals surface area contributed by atoms with Crippen molar-refractivity contribution in [2.24, 2.45) is 23.2 Å². The van der Waals surface area contributed by atoms with Crippen molar-refractivity contribution in [3.8, 4) is 0 Å². The first-order chi connectivity index (χ1) is 11.1. The standard InChI is InChI=1S/C19H23NO3/c21-16(15-4-2-1-3-5-15)17(22)20-18(23)19-9-12-6-13(10-19)8-14(7-12)11-19/h1-5,12-14,17,22H,6-11H2,(H,20,23)/t12?,13?,14?,17-,19?/m1/s1. The average Bonchev–Trinajstić information content (AvgIpc) is 2.53. The maximum Gasteiger partial charge on any atom is 0.228 e. The molecule has 4 fully saturated rings.